The highest BCUT2D eigenvalue weighted by atomic mass is 16.4. The summed E-state index contributed by atoms with van der Waals surface area (Å²) < 4.78 is 5.48. The first-order valence-corrected chi connectivity index (χ1v) is 4.72. The van der Waals surface area contributed by atoms with Crippen LogP contribution in [0.15, 0.2) is 22.7 Å². The fraction of sp³-hybridized carbons (Fsp3) is 0.300. The normalized spacial score (nSPS) is 10.9. The van der Waals surface area contributed by atoms with Crippen LogP contribution >= 0.6 is 0 Å². The lowest BCUT2D eigenvalue weighted by atomic mass is 10.2. The maximum atomic E-state index is 5.56. The molecule has 0 unspecified atom stereocenters. The predicted octanol–water partition coefficient (Wildman–Crippen LogP) is 1.84. The summed E-state index contributed by atoms with van der Waals surface area (Å²) in [5.74, 6) is 1.77. The molecule has 5 heteroatoms. The van der Waals surface area contributed by atoms with Crippen LogP contribution in [0.1, 0.15) is 25.7 Å². The smallest absolute Gasteiger partial charge is 0.247 e. The molecule has 0 aliphatic rings. The Morgan fingerprint density at radius 2 is 2.13 bits per heavy atom. The molecule has 0 spiro atoms. The van der Waals surface area contributed by atoms with Crippen LogP contribution in [0.4, 0.5) is 5.82 Å². The molecule has 2 N–H and O–H groups in total. The largest absolute Gasteiger partial charge is 0.420 e. The summed E-state index contributed by atoms with van der Waals surface area (Å²) in [5.41, 5.74) is 6.36. The summed E-state index contributed by atoms with van der Waals surface area (Å²) in [6.45, 7) is 4.00. The second-order valence-corrected chi connectivity index (χ2v) is 3.57. The Bertz CT molecular complexity index is 464. The van der Waals surface area contributed by atoms with Gasteiger partial charge >= 0.3 is 0 Å². The van der Waals surface area contributed by atoms with Gasteiger partial charge in [0.1, 0.15) is 5.82 Å². The summed E-state index contributed by atoms with van der Waals surface area (Å²) in [4.78, 5) is 3.90. The van der Waals surface area contributed by atoms with Crippen LogP contribution in [0, 0.1) is 0 Å². The molecule has 2 rings (SSSR count). The maximum Gasteiger partial charge on any atom is 0.247 e. The minimum atomic E-state index is 0.227. The number of nitrogens with zero attached hydrogens (tertiary/aromatic N) is 3. The van der Waals surface area contributed by atoms with E-state index in [0.717, 1.165) is 5.56 Å². The van der Waals surface area contributed by atoms with E-state index in [0.29, 0.717) is 17.6 Å². The zero-order valence-corrected chi connectivity index (χ0v) is 8.64. The molecule has 15 heavy (non-hydrogen) atoms. The van der Waals surface area contributed by atoms with E-state index >= 15 is 0 Å². The van der Waals surface area contributed by atoms with Gasteiger partial charge < -0.3 is 10.2 Å². The Labute approximate surface area is 87.3 Å². The van der Waals surface area contributed by atoms with Gasteiger partial charge in [-0.2, -0.15) is 0 Å². The number of aromatic nitrogens is 3. The van der Waals surface area contributed by atoms with Crippen LogP contribution in [0.3, 0.4) is 0 Å². The molecule has 0 saturated carbocycles. The van der Waals surface area contributed by atoms with E-state index in [1.54, 1.807) is 18.3 Å². The number of nitrogens with two attached hydrogens (primary N) is 1. The Kier molecular flexibility index (Phi) is 2.37. The first-order valence-electron chi connectivity index (χ1n) is 4.72. The Morgan fingerprint density at radius 1 is 1.33 bits per heavy atom. The number of pyridine rings is 1. The van der Waals surface area contributed by atoms with Crippen LogP contribution < -0.4 is 5.73 Å². The van der Waals surface area contributed by atoms with Gasteiger partial charge in [0.15, 0.2) is 0 Å². The van der Waals surface area contributed by atoms with Crippen molar-refractivity contribution in [3.05, 3.63) is 24.2 Å². The van der Waals surface area contributed by atoms with Gasteiger partial charge in [-0.3, -0.25) is 0 Å². The van der Waals surface area contributed by atoms with Crippen LogP contribution in [0.5, 0.6) is 0 Å². The topological polar surface area (TPSA) is 77.8 Å². The molecule has 0 aliphatic carbocycles. The molecule has 2 heterocycles. The van der Waals surface area contributed by atoms with Gasteiger partial charge in [0, 0.05) is 17.7 Å². The molecular weight excluding hydrogens is 192 g/mol. The third kappa shape index (κ3) is 1.96. The Hall–Kier alpha value is -1.91. The van der Waals surface area contributed by atoms with Crippen LogP contribution in [-0.2, 0) is 0 Å². The number of hydrogen-bond acceptors (Lipinski definition) is 5. The average molecular weight is 204 g/mol. The van der Waals surface area contributed by atoms with Crippen LogP contribution in [0.25, 0.3) is 11.5 Å². The maximum absolute atomic E-state index is 5.56. The molecule has 2 aromatic heterocycles. The van der Waals surface area contributed by atoms with E-state index in [1.165, 1.54) is 0 Å². The van der Waals surface area contributed by atoms with E-state index < -0.39 is 0 Å². The summed E-state index contributed by atoms with van der Waals surface area (Å²) >= 11 is 0. The van der Waals surface area contributed by atoms with E-state index in [1.807, 2.05) is 13.8 Å². The fourth-order valence-corrected chi connectivity index (χ4v) is 1.17. The van der Waals surface area contributed by atoms with Gasteiger partial charge in [-0.15, -0.1) is 10.2 Å². The van der Waals surface area contributed by atoms with Crippen molar-refractivity contribution in [2.75, 3.05) is 5.73 Å². The first-order chi connectivity index (χ1) is 7.16. The summed E-state index contributed by atoms with van der Waals surface area (Å²) in [7, 11) is 0. The molecule has 0 aromatic carbocycles. The molecule has 78 valence electrons. The molecule has 0 atom stereocenters. The van der Waals surface area contributed by atoms with E-state index in [-0.39, 0.29) is 5.92 Å². The fourth-order valence-electron chi connectivity index (χ4n) is 1.17. The molecule has 0 aliphatic heterocycles. The summed E-state index contributed by atoms with van der Waals surface area (Å²) in [6.07, 6.45) is 1.61. The van der Waals surface area contributed by atoms with Crippen molar-refractivity contribution in [3.8, 4) is 11.5 Å². The highest BCUT2D eigenvalue weighted by Gasteiger charge is 2.11. The number of rotatable bonds is 2. The highest BCUT2D eigenvalue weighted by molar-refractivity contribution is 5.56. The van der Waals surface area contributed by atoms with Gasteiger partial charge in [0.2, 0.25) is 11.8 Å². The van der Waals surface area contributed by atoms with Crippen molar-refractivity contribution in [3.63, 3.8) is 0 Å². The lowest BCUT2D eigenvalue weighted by Gasteiger charge is -1.96. The SMILES string of the molecule is CC(C)c1nnc(-c2ccnc(N)c2)o1. The third-order valence-electron chi connectivity index (χ3n) is 1.96. The number of hydrogen-bond donors (Lipinski definition) is 1. The third-order valence-corrected chi connectivity index (χ3v) is 1.96. The zero-order chi connectivity index (χ0) is 10.8. The van der Waals surface area contributed by atoms with Crippen molar-refractivity contribution in [1.82, 2.24) is 15.2 Å². The molecule has 0 amide bonds. The molecule has 0 radical (unpaired) electrons. The van der Waals surface area contributed by atoms with Crippen molar-refractivity contribution in [2.45, 2.75) is 19.8 Å². The molecule has 5 nitrogen and oxygen atoms in total. The van der Waals surface area contributed by atoms with Crippen molar-refractivity contribution >= 4 is 5.82 Å². The van der Waals surface area contributed by atoms with Gasteiger partial charge in [-0.1, -0.05) is 13.8 Å². The molecular formula is C10H12N4O. The second kappa shape index (κ2) is 3.68. The van der Waals surface area contributed by atoms with Crippen molar-refractivity contribution in [2.24, 2.45) is 0 Å². The zero-order valence-electron chi connectivity index (χ0n) is 8.64. The summed E-state index contributed by atoms with van der Waals surface area (Å²) in [5, 5.41) is 7.89. The highest BCUT2D eigenvalue weighted by Crippen LogP contribution is 2.21. The molecule has 0 fully saturated rings. The van der Waals surface area contributed by atoms with E-state index in [9.17, 15) is 0 Å². The minimum absolute atomic E-state index is 0.227. The second-order valence-electron chi connectivity index (χ2n) is 3.57. The molecule has 0 bridgehead atoms. The minimum Gasteiger partial charge on any atom is -0.420 e. The standard InChI is InChI=1S/C10H12N4O/c1-6(2)9-13-14-10(15-9)7-3-4-12-8(11)5-7/h3-6H,1-2H3,(H2,11,12). The average Bonchev–Trinajstić information content (AvgIpc) is 2.66. The lowest BCUT2D eigenvalue weighted by molar-refractivity contribution is 0.481. The van der Waals surface area contributed by atoms with Gasteiger partial charge in [0.25, 0.3) is 0 Å². The van der Waals surface area contributed by atoms with E-state index in [4.69, 9.17) is 10.2 Å². The van der Waals surface area contributed by atoms with E-state index in [2.05, 4.69) is 15.2 Å². The molecule has 0 saturated heterocycles. The first kappa shape index (κ1) is 9.64. The van der Waals surface area contributed by atoms with Gasteiger partial charge in [-0.25, -0.2) is 4.98 Å². The van der Waals surface area contributed by atoms with Crippen LogP contribution in [0.2, 0.25) is 0 Å². The van der Waals surface area contributed by atoms with Gasteiger partial charge in [-0.05, 0) is 12.1 Å². The Morgan fingerprint density at radius 3 is 2.73 bits per heavy atom. The Balaban J connectivity index is 2.37. The monoisotopic (exact) mass is 204 g/mol. The quantitative estimate of drug-likeness (QED) is 0.807. The van der Waals surface area contributed by atoms with Crippen molar-refractivity contribution < 1.29 is 4.42 Å². The van der Waals surface area contributed by atoms with Gasteiger partial charge in [0.05, 0.1) is 0 Å². The summed E-state index contributed by atoms with van der Waals surface area (Å²) in [6, 6.07) is 3.49. The molecule has 2 aromatic rings. The van der Waals surface area contributed by atoms with Crippen LogP contribution in [-0.4, -0.2) is 15.2 Å². The lowest BCUT2D eigenvalue weighted by Crippen LogP contribution is -1.89. The number of nitrogen functional groups attached to an aromatic ring is 1. The predicted molar refractivity (Wildman–Crippen MR) is 56.0 cm³/mol. The number of anilines is 1. The van der Waals surface area contributed by atoms with Crippen molar-refractivity contribution in [1.29, 1.82) is 0 Å².